The number of nitrogens with one attached hydrogen (secondary N) is 1. The number of hydrogen-bond acceptors (Lipinski definition) is 5. The Morgan fingerprint density at radius 2 is 2.19 bits per heavy atom. The lowest BCUT2D eigenvalue weighted by atomic mass is 10.1. The van der Waals surface area contributed by atoms with Crippen molar-refractivity contribution in [1.82, 2.24) is 9.55 Å². The number of halogens is 2. The van der Waals surface area contributed by atoms with E-state index >= 15 is 0 Å². The van der Waals surface area contributed by atoms with Gasteiger partial charge in [0.25, 0.3) is 0 Å². The largest absolute Gasteiger partial charge is 0.491 e. The van der Waals surface area contributed by atoms with Crippen LogP contribution in [-0.4, -0.2) is 34.8 Å². The summed E-state index contributed by atoms with van der Waals surface area (Å²) in [6.45, 7) is 2.40. The van der Waals surface area contributed by atoms with Crippen LogP contribution in [0.5, 0.6) is 5.75 Å². The lowest BCUT2D eigenvalue weighted by Gasteiger charge is -2.30. The number of imidazole rings is 1. The molecule has 7 nitrogen and oxygen atoms in total. The van der Waals surface area contributed by atoms with Gasteiger partial charge in [-0.2, -0.15) is 0 Å². The van der Waals surface area contributed by atoms with E-state index in [-0.39, 0.29) is 18.6 Å². The van der Waals surface area contributed by atoms with Gasteiger partial charge in [-0.25, -0.2) is 4.98 Å². The first-order valence-electron chi connectivity index (χ1n) is 9.67. The molecule has 2 atom stereocenters. The molecular weight excluding hydrogens is 441 g/mol. The number of hydrogen-bond donors (Lipinski definition) is 1. The molecular formula is C22H21Cl2N3O4. The zero-order valence-corrected chi connectivity index (χ0v) is 18.3. The zero-order valence-electron chi connectivity index (χ0n) is 16.8. The molecule has 162 valence electrons. The number of carbonyl (C=O) groups excluding carboxylic acids is 1. The lowest BCUT2D eigenvalue weighted by molar-refractivity contribution is -0.189. The average Bonchev–Trinajstić information content (AvgIpc) is 3.37. The zero-order chi connectivity index (χ0) is 21.8. The highest BCUT2D eigenvalue weighted by Crippen LogP contribution is 2.40. The van der Waals surface area contributed by atoms with Crippen molar-refractivity contribution in [3.8, 4) is 5.75 Å². The molecule has 3 aromatic rings. The number of rotatable bonds is 7. The second-order valence-electron chi connectivity index (χ2n) is 7.18. The molecule has 2 unspecified atom stereocenters. The fourth-order valence-electron chi connectivity index (χ4n) is 3.43. The van der Waals surface area contributed by atoms with Gasteiger partial charge in [0, 0.05) is 41.7 Å². The summed E-state index contributed by atoms with van der Waals surface area (Å²) in [5.74, 6) is -0.630. The molecule has 1 aliphatic heterocycles. The SMILES string of the molecule is CC(=O)Nc1cccc(OCC2COC(Cn3ccnc3)(c3ccc(Cl)cc3Cl)O2)c1. The molecule has 1 amide bonds. The Morgan fingerprint density at radius 3 is 2.94 bits per heavy atom. The molecule has 1 aromatic heterocycles. The molecule has 1 fully saturated rings. The van der Waals surface area contributed by atoms with E-state index in [2.05, 4.69) is 10.3 Å². The van der Waals surface area contributed by atoms with Crippen LogP contribution in [0.3, 0.4) is 0 Å². The summed E-state index contributed by atoms with van der Waals surface area (Å²) in [6.07, 6.45) is 4.87. The number of benzene rings is 2. The Labute approximate surface area is 189 Å². The number of amides is 1. The van der Waals surface area contributed by atoms with Gasteiger partial charge < -0.3 is 24.1 Å². The molecule has 1 aliphatic rings. The molecule has 9 heteroatoms. The molecule has 1 saturated heterocycles. The third-order valence-corrected chi connectivity index (χ3v) is 5.29. The number of carbonyl (C=O) groups is 1. The van der Waals surface area contributed by atoms with Gasteiger partial charge in [-0.15, -0.1) is 0 Å². The van der Waals surface area contributed by atoms with Crippen LogP contribution in [-0.2, 0) is 26.6 Å². The van der Waals surface area contributed by atoms with Crippen LogP contribution in [0, 0.1) is 0 Å². The van der Waals surface area contributed by atoms with Gasteiger partial charge in [-0.05, 0) is 24.3 Å². The summed E-state index contributed by atoms with van der Waals surface area (Å²) in [7, 11) is 0. The van der Waals surface area contributed by atoms with Crippen molar-refractivity contribution in [3.05, 3.63) is 76.8 Å². The van der Waals surface area contributed by atoms with Gasteiger partial charge in [0.1, 0.15) is 18.5 Å². The van der Waals surface area contributed by atoms with Crippen molar-refractivity contribution >= 4 is 34.8 Å². The van der Waals surface area contributed by atoms with E-state index in [9.17, 15) is 4.79 Å². The van der Waals surface area contributed by atoms with Gasteiger partial charge in [0.05, 0.1) is 24.5 Å². The third-order valence-electron chi connectivity index (χ3n) is 4.74. The Morgan fingerprint density at radius 1 is 1.32 bits per heavy atom. The van der Waals surface area contributed by atoms with E-state index in [0.29, 0.717) is 40.2 Å². The Kier molecular flexibility index (Phi) is 6.48. The quantitative estimate of drug-likeness (QED) is 0.560. The summed E-state index contributed by atoms with van der Waals surface area (Å²) in [4.78, 5) is 15.4. The summed E-state index contributed by atoms with van der Waals surface area (Å²) in [6, 6.07) is 12.4. The first-order chi connectivity index (χ1) is 14.9. The molecule has 0 bridgehead atoms. The van der Waals surface area contributed by atoms with E-state index < -0.39 is 5.79 Å². The van der Waals surface area contributed by atoms with Gasteiger partial charge in [-0.1, -0.05) is 35.3 Å². The van der Waals surface area contributed by atoms with E-state index in [1.54, 1.807) is 36.8 Å². The highest BCUT2D eigenvalue weighted by molar-refractivity contribution is 6.35. The maximum atomic E-state index is 11.3. The first-order valence-corrected chi connectivity index (χ1v) is 10.4. The Hall–Kier alpha value is -2.58. The summed E-state index contributed by atoms with van der Waals surface area (Å²) in [5, 5.41) is 3.72. The van der Waals surface area contributed by atoms with Crippen molar-refractivity contribution < 1.29 is 19.0 Å². The number of ether oxygens (including phenoxy) is 3. The molecule has 4 rings (SSSR count). The van der Waals surface area contributed by atoms with Gasteiger partial charge in [-0.3, -0.25) is 4.79 Å². The highest BCUT2D eigenvalue weighted by Gasteiger charge is 2.45. The van der Waals surface area contributed by atoms with Crippen LogP contribution < -0.4 is 10.1 Å². The molecule has 0 saturated carbocycles. The van der Waals surface area contributed by atoms with Crippen LogP contribution in [0.1, 0.15) is 12.5 Å². The minimum atomic E-state index is -1.10. The van der Waals surface area contributed by atoms with Gasteiger partial charge >= 0.3 is 0 Å². The fourth-order valence-corrected chi connectivity index (χ4v) is 3.98. The molecule has 0 spiro atoms. The molecule has 31 heavy (non-hydrogen) atoms. The summed E-state index contributed by atoms with van der Waals surface area (Å²) in [5.41, 5.74) is 1.35. The second kappa shape index (κ2) is 9.28. The van der Waals surface area contributed by atoms with E-state index in [4.69, 9.17) is 37.4 Å². The second-order valence-corrected chi connectivity index (χ2v) is 8.03. The third kappa shape index (κ3) is 5.19. The minimum absolute atomic E-state index is 0.145. The number of anilines is 1. The van der Waals surface area contributed by atoms with E-state index in [0.717, 1.165) is 0 Å². The molecule has 2 heterocycles. The standard InChI is InChI=1S/C22H21Cl2N3O4/c1-15(28)26-17-3-2-4-18(10-17)29-11-19-12-30-22(31-19,13-27-8-7-25-14-27)20-6-5-16(23)9-21(20)24/h2-10,14,19H,11-13H2,1H3,(H,26,28). The Bertz CT molecular complexity index is 1060. The first kappa shape index (κ1) is 21.6. The summed E-state index contributed by atoms with van der Waals surface area (Å²) >= 11 is 12.6. The van der Waals surface area contributed by atoms with Crippen molar-refractivity contribution in [3.63, 3.8) is 0 Å². The van der Waals surface area contributed by atoms with Gasteiger partial charge in [0.2, 0.25) is 11.7 Å². The number of nitrogens with zero attached hydrogens (tertiary/aromatic N) is 2. The van der Waals surface area contributed by atoms with Crippen molar-refractivity contribution in [1.29, 1.82) is 0 Å². The molecule has 0 aliphatic carbocycles. The summed E-state index contributed by atoms with van der Waals surface area (Å²) < 4.78 is 20.3. The molecule has 2 aromatic carbocycles. The van der Waals surface area contributed by atoms with Crippen LogP contribution in [0.4, 0.5) is 5.69 Å². The van der Waals surface area contributed by atoms with E-state index in [1.807, 2.05) is 29.0 Å². The van der Waals surface area contributed by atoms with E-state index in [1.165, 1.54) is 6.92 Å². The smallest absolute Gasteiger partial charge is 0.221 e. The fraction of sp³-hybridized carbons (Fsp3) is 0.273. The van der Waals surface area contributed by atoms with Crippen LogP contribution in [0.25, 0.3) is 0 Å². The average molecular weight is 462 g/mol. The van der Waals surface area contributed by atoms with Crippen LogP contribution >= 0.6 is 23.2 Å². The van der Waals surface area contributed by atoms with Crippen molar-refractivity contribution in [2.75, 3.05) is 18.5 Å². The molecule has 1 N–H and O–H groups in total. The van der Waals surface area contributed by atoms with Gasteiger partial charge in [0.15, 0.2) is 0 Å². The predicted octanol–water partition coefficient (Wildman–Crippen LogP) is 4.50. The molecule has 0 radical (unpaired) electrons. The normalized spacial score (nSPS) is 20.5. The maximum Gasteiger partial charge on any atom is 0.221 e. The topological polar surface area (TPSA) is 74.6 Å². The minimum Gasteiger partial charge on any atom is -0.491 e. The van der Waals surface area contributed by atoms with Crippen LogP contribution in [0.15, 0.2) is 61.2 Å². The monoisotopic (exact) mass is 461 g/mol. The number of aromatic nitrogens is 2. The maximum absolute atomic E-state index is 11.3. The Balaban J connectivity index is 1.50. The predicted molar refractivity (Wildman–Crippen MR) is 117 cm³/mol. The van der Waals surface area contributed by atoms with Crippen molar-refractivity contribution in [2.24, 2.45) is 0 Å². The lowest BCUT2D eigenvalue weighted by Crippen LogP contribution is -2.34. The highest BCUT2D eigenvalue weighted by atomic mass is 35.5. The van der Waals surface area contributed by atoms with Crippen LogP contribution in [0.2, 0.25) is 10.0 Å². The van der Waals surface area contributed by atoms with Crippen molar-refractivity contribution in [2.45, 2.75) is 25.4 Å².